The molecule has 0 radical (unpaired) electrons. The molecule has 15 heteroatoms. The van der Waals surface area contributed by atoms with Gasteiger partial charge in [0.05, 0.1) is 39.1 Å². The number of benzene rings is 2. The molecule has 0 spiro atoms. The zero-order valence-electron chi connectivity index (χ0n) is 29.9. The molecular weight excluding hydrogens is 660 g/mol. The lowest BCUT2D eigenvalue weighted by atomic mass is 10.0. The molecule has 2 amide bonds. The number of aryl methyl sites for hydroxylation is 6. The lowest BCUT2D eigenvalue weighted by molar-refractivity contribution is 0.0995. The van der Waals surface area contributed by atoms with Crippen LogP contribution in [0.3, 0.4) is 0 Å². The number of carbonyl (C=O) groups is 2. The molecule has 0 saturated carbocycles. The van der Waals surface area contributed by atoms with Crippen LogP contribution < -0.4 is 22.1 Å². The molecule has 0 saturated heterocycles. The minimum atomic E-state index is -1.04. The van der Waals surface area contributed by atoms with Gasteiger partial charge in [-0.25, -0.2) is 9.97 Å². The molecule has 1 unspecified atom stereocenters. The summed E-state index contributed by atoms with van der Waals surface area (Å²) in [6.07, 6.45) is 3.65. The molecule has 6 aromatic rings. The van der Waals surface area contributed by atoms with E-state index in [2.05, 4.69) is 15.2 Å². The molecule has 5 heterocycles. The monoisotopic (exact) mass is 706 g/mol. The lowest BCUT2D eigenvalue weighted by Gasteiger charge is -2.17. The summed E-state index contributed by atoms with van der Waals surface area (Å²) in [7, 11) is 0. The third-order valence-corrected chi connectivity index (χ3v) is 9.90. The lowest BCUT2D eigenvalue weighted by Crippen LogP contribution is -2.21. The number of primary amides is 1. The van der Waals surface area contributed by atoms with E-state index in [0.717, 1.165) is 64.7 Å². The van der Waals surface area contributed by atoms with Crippen LogP contribution in [0.25, 0.3) is 22.1 Å². The number of nitrogens with one attached hydrogen (secondary N) is 2. The molecule has 4 aromatic heterocycles. The van der Waals surface area contributed by atoms with Crippen LogP contribution >= 0.6 is 0 Å². The van der Waals surface area contributed by atoms with E-state index in [0.29, 0.717) is 79.9 Å². The minimum Gasteiger partial charge on any atom is -0.368 e. The van der Waals surface area contributed by atoms with Crippen molar-refractivity contribution in [1.82, 2.24) is 38.7 Å². The molecule has 0 fully saturated rings. The summed E-state index contributed by atoms with van der Waals surface area (Å²) in [5, 5.41) is 27.3. The van der Waals surface area contributed by atoms with E-state index in [1.165, 1.54) is 0 Å². The molecule has 15 nitrogen and oxygen atoms in total. The largest absolute Gasteiger partial charge is 0.368 e. The number of imidazole rings is 2. The number of amides is 2. The average molecular weight is 707 g/mol. The Morgan fingerprint density at radius 1 is 0.942 bits per heavy atom. The summed E-state index contributed by atoms with van der Waals surface area (Å²) >= 11 is 0. The molecule has 7 N–H and O–H groups in total. The van der Waals surface area contributed by atoms with Gasteiger partial charge in [-0.15, -0.1) is 0 Å². The van der Waals surface area contributed by atoms with Gasteiger partial charge in [-0.3, -0.25) is 24.3 Å². The van der Waals surface area contributed by atoms with Crippen molar-refractivity contribution >= 4 is 45.8 Å². The first-order chi connectivity index (χ1) is 25.2. The summed E-state index contributed by atoms with van der Waals surface area (Å²) < 4.78 is 7.68. The van der Waals surface area contributed by atoms with Crippen molar-refractivity contribution in [2.24, 2.45) is 11.5 Å². The number of para-hydroxylation sites is 1. The van der Waals surface area contributed by atoms with Gasteiger partial charge in [0, 0.05) is 43.9 Å². The van der Waals surface area contributed by atoms with Crippen LogP contribution in [0.5, 0.6) is 0 Å². The van der Waals surface area contributed by atoms with E-state index in [9.17, 15) is 14.7 Å². The highest BCUT2D eigenvalue weighted by molar-refractivity contribution is 6.04. The summed E-state index contributed by atoms with van der Waals surface area (Å²) in [6, 6.07) is 13.0. The Labute approximate surface area is 301 Å². The first-order valence-electron chi connectivity index (χ1n) is 18.0. The number of fused-ring (bicyclic) bond motifs is 8. The van der Waals surface area contributed by atoms with Crippen LogP contribution in [0.4, 0.5) is 11.9 Å². The van der Waals surface area contributed by atoms with E-state index in [1.54, 1.807) is 16.8 Å². The predicted octanol–water partition coefficient (Wildman–Crippen LogP) is 4.54. The molecule has 52 heavy (non-hydrogen) atoms. The first kappa shape index (κ1) is 34.9. The second-order valence-electron chi connectivity index (χ2n) is 13.4. The van der Waals surface area contributed by atoms with Crippen molar-refractivity contribution in [2.45, 2.75) is 98.2 Å². The SMILES string of the molecule is CCn1nc(C)c2c1C(=O)Nc1nc3cc(C(N)=O)ccc3n1CCCCn1c(nc3c(CN)cccc31)NC(O)c1cc(C)nn1CCCCC2. The van der Waals surface area contributed by atoms with Crippen molar-refractivity contribution in [2.75, 3.05) is 10.6 Å². The maximum absolute atomic E-state index is 14.1. The zero-order valence-corrected chi connectivity index (χ0v) is 29.9. The fourth-order valence-corrected chi connectivity index (χ4v) is 7.31. The fraction of sp³-hybridized carbons (Fsp3) is 0.405. The number of rotatable bonds is 3. The molecular formula is C37H46N12O3. The third-order valence-electron chi connectivity index (χ3n) is 9.90. The van der Waals surface area contributed by atoms with Crippen molar-refractivity contribution in [1.29, 1.82) is 0 Å². The standard InChI is InChI=1S/C37H46N12O3/c1-4-48-32-26(23(3)45-48)12-6-5-7-18-49-30(19-22(2)44-49)34(51)42-37-41-31-25(21-38)11-10-13-29(31)47(37)17-9-8-16-46-28-15-14-24(33(39)50)20-27(28)40-36(46)43-35(32)52/h10-11,13-15,19-20,34,51H,4-9,12,16-18,21,38H2,1-3H3,(H2,39,50)(H,41,42)(H,40,43,52). The normalized spacial score (nSPS) is 16.3. The van der Waals surface area contributed by atoms with Gasteiger partial charge in [-0.05, 0) is 88.8 Å². The molecule has 0 aliphatic carbocycles. The van der Waals surface area contributed by atoms with Crippen molar-refractivity contribution in [3.8, 4) is 0 Å². The Kier molecular flexibility index (Phi) is 9.79. The predicted molar refractivity (Wildman–Crippen MR) is 199 cm³/mol. The van der Waals surface area contributed by atoms with E-state index >= 15 is 0 Å². The number of aromatic nitrogens is 8. The Bertz CT molecular complexity index is 2280. The van der Waals surface area contributed by atoms with E-state index < -0.39 is 12.1 Å². The van der Waals surface area contributed by atoms with Crippen LogP contribution in [0.15, 0.2) is 42.5 Å². The molecule has 0 bridgehead atoms. The highest BCUT2D eigenvalue weighted by Crippen LogP contribution is 2.28. The van der Waals surface area contributed by atoms with Crippen molar-refractivity contribution in [3.05, 3.63) is 81.9 Å². The number of nitrogens with two attached hydrogens (primary N) is 2. The van der Waals surface area contributed by atoms with Gasteiger partial charge in [-0.2, -0.15) is 10.2 Å². The van der Waals surface area contributed by atoms with Gasteiger partial charge >= 0.3 is 0 Å². The maximum atomic E-state index is 14.1. The van der Waals surface area contributed by atoms with Gasteiger partial charge in [0.1, 0.15) is 5.69 Å². The number of aliphatic hydroxyl groups is 1. The van der Waals surface area contributed by atoms with Crippen LogP contribution in [-0.2, 0) is 39.1 Å². The van der Waals surface area contributed by atoms with Gasteiger partial charge in [0.2, 0.25) is 17.8 Å². The molecule has 7 rings (SSSR count). The first-order valence-corrected chi connectivity index (χ1v) is 18.0. The van der Waals surface area contributed by atoms with Crippen LogP contribution in [0, 0.1) is 13.8 Å². The molecule has 1 aliphatic heterocycles. The zero-order chi connectivity index (χ0) is 36.5. The summed E-state index contributed by atoms with van der Waals surface area (Å²) in [5.41, 5.74) is 19.8. The molecule has 2 aromatic carbocycles. The molecule has 1 aliphatic rings. The molecule has 1 atom stereocenters. The Balaban J connectivity index is 1.28. The van der Waals surface area contributed by atoms with E-state index in [4.69, 9.17) is 31.6 Å². The maximum Gasteiger partial charge on any atom is 0.276 e. The van der Waals surface area contributed by atoms with Gasteiger partial charge in [-0.1, -0.05) is 18.6 Å². The fourth-order valence-electron chi connectivity index (χ4n) is 7.31. The highest BCUT2D eigenvalue weighted by Gasteiger charge is 2.24. The number of anilines is 2. The molecule has 272 valence electrons. The van der Waals surface area contributed by atoms with Gasteiger partial charge in [0.25, 0.3) is 5.91 Å². The van der Waals surface area contributed by atoms with Crippen molar-refractivity contribution < 1.29 is 14.7 Å². The number of hydrogen-bond donors (Lipinski definition) is 5. The quantitative estimate of drug-likeness (QED) is 0.175. The van der Waals surface area contributed by atoms with Crippen LogP contribution in [-0.4, -0.2) is 55.6 Å². The van der Waals surface area contributed by atoms with E-state index in [-0.39, 0.29) is 5.91 Å². The smallest absolute Gasteiger partial charge is 0.276 e. The Hall–Kier alpha value is -5.54. The minimum absolute atomic E-state index is 0.281. The second kappa shape index (κ2) is 14.6. The highest BCUT2D eigenvalue weighted by atomic mass is 16.3. The second-order valence-corrected chi connectivity index (χ2v) is 13.4. The van der Waals surface area contributed by atoms with E-state index in [1.807, 2.05) is 60.4 Å². The van der Waals surface area contributed by atoms with Crippen LogP contribution in [0.2, 0.25) is 0 Å². The summed E-state index contributed by atoms with van der Waals surface area (Å²) in [4.78, 5) is 35.9. The third kappa shape index (κ3) is 6.64. The van der Waals surface area contributed by atoms with Crippen LogP contribution in [0.1, 0.15) is 94.3 Å². The topological polar surface area (TPSA) is 202 Å². The van der Waals surface area contributed by atoms with Gasteiger partial charge < -0.3 is 31.0 Å². The number of carbonyl (C=O) groups excluding carboxylic acids is 2. The average Bonchev–Trinajstić information content (AvgIpc) is 3.87. The Morgan fingerprint density at radius 2 is 1.71 bits per heavy atom. The summed E-state index contributed by atoms with van der Waals surface area (Å²) in [5.74, 6) is 0.0961. The summed E-state index contributed by atoms with van der Waals surface area (Å²) in [6.45, 7) is 8.47. The van der Waals surface area contributed by atoms with Gasteiger partial charge in [0.15, 0.2) is 6.23 Å². The number of aliphatic hydroxyl groups excluding tert-OH is 1. The number of hydrogen-bond acceptors (Lipinski definition) is 9. The number of nitrogens with zero attached hydrogens (tertiary/aromatic N) is 8. The Morgan fingerprint density at radius 3 is 2.46 bits per heavy atom. The van der Waals surface area contributed by atoms with Crippen molar-refractivity contribution in [3.63, 3.8) is 0 Å².